The molecule has 88 valence electrons. The summed E-state index contributed by atoms with van der Waals surface area (Å²) in [5.74, 6) is -0.365. The van der Waals surface area contributed by atoms with Gasteiger partial charge in [-0.3, -0.25) is 4.79 Å². The number of nitrogens with one attached hydrogen (secondary N) is 1. The molecule has 0 radical (unpaired) electrons. The minimum absolute atomic E-state index is 0.158. The Morgan fingerprint density at radius 3 is 2.56 bits per heavy atom. The van der Waals surface area contributed by atoms with Gasteiger partial charge in [0.25, 0.3) is 0 Å². The number of hydrogen-bond acceptors (Lipinski definition) is 3. The Bertz CT molecular complexity index is 311. The fourth-order valence-corrected chi connectivity index (χ4v) is 1.55. The Balaban J connectivity index is 2.74. The highest BCUT2D eigenvalue weighted by Crippen LogP contribution is 2.16. The van der Waals surface area contributed by atoms with E-state index in [4.69, 9.17) is 4.74 Å². The number of likely N-dealkylation sites (N-methyl/N-ethyl adjacent to an activating group) is 1. The third-order valence-electron chi connectivity index (χ3n) is 2.37. The van der Waals surface area contributed by atoms with E-state index in [1.165, 1.54) is 0 Å². The Labute approximate surface area is 96.8 Å². The van der Waals surface area contributed by atoms with E-state index in [0.717, 1.165) is 12.1 Å². The van der Waals surface area contributed by atoms with Crippen LogP contribution >= 0.6 is 0 Å². The van der Waals surface area contributed by atoms with Crippen LogP contribution in [0.4, 0.5) is 0 Å². The molecule has 1 rings (SSSR count). The molecule has 16 heavy (non-hydrogen) atoms. The lowest BCUT2D eigenvalue weighted by Gasteiger charge is -2.16. The number of ether oxygens (including phenoxy) is 1. The molecular weight excluding hydrogens is 202 g/mol. The number of rotatable bonds is 6. The van der Waals surface area contributed by atoms with Crippen LogP contribution in [0.25, 0.3) is 0 Å². The molecule has 0 saturated carbocycles. The highest BCUT2D eigenvalue weighted by atomic mass is 16.5. The molecule has 0 aliphatic heterocycles. The van der Waals surface area contributed by atoms with Gasteiger partial charge in [-0.1, -0.05) is 37.3 Å². The van der Waals surface area contributed by atoms with Gasteiger partial charge in [0.05, 0.1) is 12.5 Å². The molecular formula is C13H19NO2. The third kappa shape index (κ3) is 3.66. The molecule has 1 aromatic rings. The summed E-state index contributed by atoms with van der Waals surface area (Å²) in [6, 6.07) is 9.73. The maximum Gasteiger partial charge on any atom is 0.314 e. The van der Waals surface area contributed by atoms with Crippen LogP contribution in [0.15, 0.2) is 30.3 Å². The van der Waals surface area contributed by atoms with E-state index in [1.54, 1.807) is 0 Å². The van der Waals surface area contributed by atoms with Crippen LogP contribution < -0.4 is 5.32 Å². The van der Waals surface area contributed by atoms with Crippen molar-refractivity contribution in [1.29, 1.82) is 0 Å². The molecule has 0 aromatic heterocycles. The summed E-state index contributed by atoms with van der Waals surface area (Å²) in [7, 11) is 0. The van der Waals surface area contributed by atoms with Crippen LogP contribution in [0.3, 0.4) is 0 Å². The number of carbonyl (C=O) groups excluding carboxylic acids is 1. The zero-order valence-corrected chi connectivity index (χ0v) is 9.90. The normalized spacial score (nSPS) is 12.1. The standard InChI is InChI=1S/C13H19NO2/c1-3-14-10-12(13(15)16-4-2)11-8-6-5-7-9-11/h5-9,12,14H,3-4,10H2,1-2H3. The van der Waals surface area contributed by atoms with Gasteiger partial charge < -0.3 is 10.1 Å². The van der Waals surface area contributed by atoms with Crippen molar-refractivity contribution in [2.75, 3.05) is 19.7 Å². The van der Waals surface area contributed by atoms with Crippen LogP contribution in [0.1, 0.15) is 25.3 Å². The summed E-state index contributed by atoms with van der Waals surface area (Å²) in [5, 5.41) is 3.19. The van der Waals surface area contributed by atoms with Gasteiger partial charge in [0.1, 0.15) is 0 Å². The second-order valence-corrected chi connectivity index (χ2v) is 3.52. The quantitative estimate of drug-likeness (QED) is 0.746. The molecule has 0 aliphatic rings. The first-order chi connectivity index (χ1) is 7.79. The second-order valence-electron chi connectivity index (χ2n) is 3.52. The fourth-order valence-electron chi connectivity index (χ4n) is 1.55. The van der Waals surface area contributed by atoms with Crippen molar-refractivity contribution in [3.63, 3.8) is 0 Å². The molecule has 0 bridgehead atoms. The number of carbonyl (C=O) groups is 1. The molecule has 0 aliphatic carbocycles. The van der Waals surface area contributed by atoms with Crippen molar-refractivity contribution in [2.24, 2.45) is 0 Å². The predicted octanol–water partition coefficient (Wildman–Crippen LogP) is 1.94. The van der Waals surface area contributed by atoms with Crippen molar-refractivity contribution < 1.29 is 9.53 Å². The first-order valence-electron chi connectivity index (χ1n) is 5.71. The molecule has 0 saturated heterocycles. The van der Waals surface area contributed by atoms with Gasteiger partial charge in [0.2, 0.25) is 0 Å². The van der Waals surface area contributed by atoms with Crippen molar-refractivity contribution in [1.82, 2.24) is 5.32 Å². The molecule has 1 N–H and O–H groups in total. The van der Waals surface area contributed by atoms with Crippen molar-refractivity contribution in [3.8, 4) is 0 Å². The molecule has 1 aromatic carbocycles. The summed E-state index contributed by atoms with van der Waals surface area (Å²) in [6.45, 7) is 5.75. The highest BCUT2D eigenvalue weighted by Gasteiger charge is 2.20. The van der Waals surface area contributed by atoms with Gasteiger partial charge in [0, 0.05) is 6.54 Å². The lowest BCUT2D eigenvalue weighted by molar-refractivity contribution is -0.144. The van der Waals surface area contributed by atoms with Crippen LogP contribution in [-0.4, -0.2) is 25.7 Å². The van der Waals surface area contributed by atoms with Gasteiger partial charge in [-0.25, -0.2) is 0 Å². The summed E-state index contributed by atoms with van der Waals surface area (Å²) in [5.41, 5.74) is 1.00. The smallest absolute Gasteiger partial charge is 0.314 e. The summed E-state index contributed by atoms with van der Waals surface area (Å²) < 4.78 is 5.08. The van der Waals surface area contributed by atoms with Gasteiger partial charge in [-0.05, 0) is 19.0 Å². The Hall–Kier alpha value is -1.35. The van der Waals surface area contributed by atoms with Crippen molar-refractivity contribution in [2.45, 2.75) is 19.8 Å². The average Bonchev–Trinajstić information content (AvgIpc) is 2.31. The molecule has 3 nitrogen and oxygen atoms in total. The topological polar surface area (TPSA) is 38.3 Å². The zero-order chi connectivity index (χ0) is 11.8. The minimum atomic E-state index is -0.207. The average molecular weight is 221 g/mol. The van der Waals surface area contributed by atoms with Gasteiger partial charge in [-0.15, -0.1) is 0 Å². The molecule has 0 heterocycles. The lowest BCUT2D eigenvalue weighted by Crippen LogP contribution is -2.28. The van der Waals surface area contributed by atoms with E-state index >= 15 is 0 Å². The number of hydrogen-bond donors (Lipinski definition) is 1. The largest absolute Gasteiger partial charge is 0.465 e. The molecule has 1 unspecified atom stereocenters. The first-order valence-corrected chi connectivity index (χ1v) is 5.71. The maximum atomic E-state index is 11.8. The molecule has 0 fully saturated rings. The van der Waals surface area contributed by atoms with Crippen molar-refractivity contribution in [3.05, 3.63) is 35.9 Å². The minimum Gasteiger partial charge on any atom is -0.465 e. The number of benzene rings is 1. The van der Waals surface area contributed by atoms with Crippen LogP contribution in [0, 0.1) is 0 Å². The highest BCUT2D eigenvalue weighted by molar-refractivity contribution is 5.78. The third-order valence-corrected chi connectivity index (χ3v) is 2.37. The zero-order valence-electron chi connectivity index (χ0n) is 9.90. The summed E-state index contributed by atoms with van der Waals surface area (Å²) >= 11 is 0. The van der Waals surface area contributed by atoms with Crippen molar-refractivity contribution >= 4 is 5.97 Å². The van der Waals surface area contributed by atoms with Gasteiger partial charge in [0.15, 0.2) is 0 Å². The van der Waals surface area contributed by atoms with E-state index in [1.807, 2.05) is 44.2 Å². The molecule has 0 spiro atoms. The van der Waals surface area contributed by atoms with E-state index in [-0.39, 0.29) is 11.9 Å². The van der Waals surface area contributed by atoms with Crippen LogP contribution in [0.5, 0.6) is 0 Å². The predicted molar refractivity (Wildman–Crippen MR) is 64.4 cm³/mol. The summed E-state index contributed by atoms with van der Waals surface area (Å²) in [6.07, 6.45) is 0. The molecule has 3 heteroatoms. The Kier molecular flexibility index (Phi) is 5.57. The number of esters is 1. The lowest BCUT2D eigenvalue weighted by atomic mass is 9.99. The Morgan fingerprint density at radius 1 is 1.31 bits per heavy atom. The van der Waals surface area contributed by atoms with E-state index in [0.29, 0.717) is 13.2 Å². The van der Waals surface area contributed by atoms with Gasteiger partial charge in [-0.2, -0.15) is 0 Å². The SMILES string of the molecule is CCNCC(C(=O)OCC)c1ccccc1. The van der Waals surface area contributed by atoms with Gasteiger partial charge >= 0.3 is 5.97 Å². The second kappa shape index (κ2) is 7.01. The molecule has 0 amide bonds. The monoisotopic (exact) mass is 221 g/mol. The first kappa shape index (κ1) is 12.7. The van der Waals surface area contributed by atoms with E-state index in [9.17, 15) is 4.79 Å². The fraction of sp³-hybridized carbons (Fsp3) is 0.462. The maximum absolute atomic E-state index is 11.8. The summed E-state index contributed by atoms with van der Waals surface area (Å²) in [4.78, 5) is 11.8. The van der Waals surface area contributed by atoms with E-state index < -0.39 is 0 Å². The van der Waals surface area contributed by atoms with E-state index in [2.05, 4.69) is 5.32 Å². The van der Waals surface area contributed by atoms with Crippen LogP contribution in [0.2, 0.25) is 0 Å². The Morgan fingerprint density at radius 2 is 2.00 bits per heavy atom. The van der Waals surface area contributed by atoms with Crippen LogP contribution in [-0.2, 0) is 9.53 Å². The molecule has 1 atom stereocenters.